The average molecular weight is 310 g/mol. The summed E-state index contributed by atoms with van der Waals surface area (Å²) in [7, 11) is 0. The predicted molar refractivity (Wildman–Crippen MR) is 87.7 cm³/mol. The van der Waals surface area contributed by atoms with Gasteiger partial charge in [-0.05, 0) is 59.8 Å². The fourth-order valence-corrected chi connectivity index (χ4v) is 3.09. The van der Waals surface area contributed by atoms with E-state index in [-0.39, 0.29) is 22.8 Å². The smallest absolute Gasteiger partial charge is 0.197 e. The monoisotopic (exact) mass is 310 g/mol. The molecule has 0 unspecified atom stereocenters. The molecular formula is C18H14O3S. The number of aryl methyl sites for hydroxylation is 1. The second-order valence-electron chi connectivity index (χ2n) is 5.04. The summed E-state index contributed by atoms with van der Waals surface area (Å²) < 4.78 is 0. The molecule has 0 atom stereocenters. The first-order valence-corrected chi connectivity index (χ1v) is 7.65. The van der Waals surface area contributed by atoms with Crippen molar-refractivity contribution in [2.75, 3.05) is 0 Å². The number of ketones is 1. The van der Waals surface area contributed by atoms with Crippen LogP contribution in [-0.4, -0.2) is 16.0 Å². The van der Waals surface area contributed by atoms with Crippen LogP contribution in [0, 0.1) is 6.92 Å². The molecular weight excluding hydrogens is 296 g/mol. The molecule has 4 heteroatoms. The first-order valence-electron chi connectivity index (χ1n) is 6.77. The van der Waals surface area contributed by atoms with Gasteiger partial charge < -0.3 is 10.2 Å². The molecule has 0 bridgehead atoms. The van der Waals surface area contributed by atoms with E-state index in [1.54, 1.807) is 36.5 Å². The zero-order valence-corrected chi connectivity index (χ0v) is 12.7. The lowest BCUT2D eigenvalue weighted by molar-refractivity contribution is 0.103. The van der Waals surface area contributed by atoms with Gasteiger partial charge in [0.1, 0.15) is 11.5 Å². The van der Waals surface area contributed by atoms with Crippen molar-refractivity contribution in [2.24, 2.45) is 0 Å². The lowest BCUT2D eigenvalue weighted by Crippen LogP contribution is -2.04. The number of rotatable bonds is 3. The third-order valence-corrected chi connectivity index (χ3v) is 4.42. The van der Waals surface area contributed by atoms with Crippen LogP contribution in [0.4, 0.5) is 0 Å². The first-order chi connectivity index (χ1) is 10.6. The number of carbonyl (C=O) groups is 1. The van der Waals surface area contributed by atoms with Crippen LogP contribution in [0.15, 0.2) is 53.9 Å². The molecule has 0 aliphatic rings. The van der Waals surface area contributed by atoms with Crippen molar-refractivity contribution in [3.63, 3.8) is 0 Å². The van der Waals surface area contributed by atoms with Crippen molar-refractivity contribution in [3.8, 4) is 21.9 Å². The van der Waals surface area contributed by atoms with Crippen molar-refractivity contribution in [1.82, 2.24) is 0 Å². The molecule has 0 aliphatic carbocycles. The van der Waals surface area contributed by atoms with Gasteiger partial charge in [0.15, 0.2) is 5.78 Å². The molecule has 3 nitrogen and oxygen atoms in total. The molecule has 0 radical (unpaired) electrons. The van der Waals surface area contributed by atoms with Gasteiger partial charge in [-0.3, -0.25) is 4.79 Å². The highest BCUT2D eigenvalue weighted by molar-refractivity contribution is 7.13. The second kappa shape index (κ2) is 5.66. The average Bonchev–Trinajstić information content (AvgIpc) is 3.00. The fourth-order valence-electron chi connectivity index (χ4n) is 2.37. The normalized spacial score (nSPS) is 10.6. The molecule has 0 fully saturated rings. The van der Waals surface area contributed by atoms with Crippen LogP contribution in [0.2, 0.25) is 0 Å². The molecule has 0 amide bonds. The van der Waals surface area contributed by atoms with Crippen molar-refractivity contribution in [3.05, 3.63) is 70.6 Å². The number of aromatic hydroxyl groups is 2. The summed E-state index contributed by atoms with van der Waals surface area (Å²) in [4.78, 5) is 13.6. The number of hydrogen-bond acceptors (Lipinski definition) is 4. The van der Waals surface area contributed by atoms with Gasteiger partial charge in [-0.1, -0.05) is 12.1 Å². The minimum absolute atomic E-state index is 0.0385. The Labute approximate surface area is 132 Å². The molecule has 3 aromatic rings. The van der Waals surface area contributed by atoms with E-state index in [2.05, 4.69) is 0 Å². The lowest BCUT2D eigenvalue weighted by Gasteiger charge is -2.08. The van der Waals surface area contributed by atoms with Crippen LogP contribution in [0.5, 0.6) is 11.5 Å². The van der Waals surface area contributed by atoms with Crippen molar-refractivity contribution >= 4 is 17.1 Å². The summed E-state index contributed by atoms with van der Waals surface area (Å²) in [6.07, 6.45) is 0. The molecule has 22 heavy (non-hydrogen) atoms. The minimum atomic E-state index is -0.257. The fraction of sp³-hybridized carbons (Fsp3) is 0.0556. The van der Waals surface area contributed by atoms with E-state index in [0.717, 1.165) is 10.4 Å². The zero-order valence-electron chi connectivity index (χ0n) is 11.9. The van der Waals surface area contributed by atoms with Gasteiger partial charge in [0, 0.05) is 10.4 Å². The van der Waals surface area contributed by atoms with E-state index in [1.165, 1.54) is 12.1 Å². The molecule has 3 rings (SSSR count). The Balaban J connectivity index is 2.00. The van der Waals surface area contributed by atoms with Crippen LogP contribution < -0.4 is 0 Å². The van der Waals surface area contributed by atoms with Gasteiger partial charge in [-0.2, -0.15) is 0 Å². The topological polar surface area (TPSA) is 57.5 Å². The van der Waals surface area contributed by atoms with Gasteiger partial charge in [0.05, 0.1) is 5.56 Å². The zero-order chi connectivity index (χ0) is 15.7. The number of thiophene rings is 1. The molecule has 0 saturated heterocycles. The standard InChI is InChI=1S/C18H14O3S/c1-11-9-13(19)5-7-14(11)18(21)15-6-4-12(10-16(15)20)17-3-2-8-22-17/h2-10,19-20H,1H3. The first kappa shape index (κ1) is 14.4. The molecule has 1 aromatic heterocycles. The van der Waals surface area contributed by atoms with E-state index in [9.17, 15) is 15.0 Å². The molecule has 1 heterocycles. The highest BCUT2D eigenvalue weighted by Gasteiger charge is 2.16. The molecule has 2 aromatic carbocycles. The van der Waals surface area contributed by atoms with Crippen molar-refractivity contribution in [1.29, 1.82) is 0 Å². The van der Waals surface area contributed by atoms with E-state index in [1.807, 2.05) is 23.6 Å². The van der Waals surface area contributed by atoms with Crippen LogP contribution in [0.1, 0.15) is 21.5 Å². The highest BCUT2D eigenvalue weighted by atomic mass is 32.1. The number of hydrogen-bond donors (Lipinski definition) is 2. The maximum atomic E-state index is 12.6. The summed E-state index contributed by atoms with van der Waals surface area (Å²) >= 11 is 1.58. The molecule has 0 saturated carbocycles. The Bertz CT molecular complexity index is 836. The molecule has 2 N–H and O–H groups in total. The number of carbonyl (C=O) groups excluding carboxylic acids is 1. The maximum Gasteiger partial charge on any atom is 0.197 e. The summed E-state index contributed by atoms with van der Waals surface area (Å²) in [5.74, 6) is -0.178. The third-order valence-electron chi connectivity index (χ3n) is 3.50. The maximum absolute atomic E-state index is 12.6. The summed E-state index contributed by atoms with van der Waals surface area (Å²) in [5, 5.41) is 21.6. The van der Waals surface area contributed by atoms with Gasteiger partial charge >= 0.3 is 0 Å². The van der Waals surface area contributed by atoms with E-state index >= 15 is 0 Å². The Morgan fingerprint density at radius 1 is 1.00 bits per heavy atom. The molecule has 0 spiro atoms. The Morgan fingerprint density at radius 2 is 1.77 bits per heavy atom. The Hall–Kier alpha value is -2.59. The largest absolute Gasteiger partial charge is 0.508 e. The predicted octanol–water partition coefficient (Wildman–Crippen LogP) is 4.37. The second-order valence-corrected chi connectivity index (χ2v) is 5.99. The van der Waals surface area contributed by atoms with Crippen LogP contribution in [0.25, 0.3) is 10.4 Å². The van der Waals surface area contributed by atoms with Gasteiger partial charge in [-0.15, -0.1) is 11.3 Å². The summed E-state index contributed by atoms with van der Waals surface area (Å²) in [6.45, 7) is 1.75. The van der Waals surface area contributed by atoms with E-state index < -0.39 is 0 Å². The van der Waals surface area contributed by atoms with Gasteiger partial charge in [-0.25, -0.2) is 0 Å². The van der Waals surface area contributed by atoms with E-state index in [0.29, 0.717) is 11.1 Å². The number of phenolic OH excluding ortho intramolecular Hbond substituents is 2. The van der Waals surface area contributed by atoms with Crippen LogP contribution >= 0.6 is 11.3 Å². The highest BCUT2D eigenvalue weighted by Crippen LogP contribution is 2.31. The Morgan fingerprint density at radius 3 is 2.41 bits per heavy atom. The summed E-state index contributed by atoms with van der Waals surface area (Å²) in [6, 6.07) is 13.5. The molecule has 110 valence electrons. The van der Waals surface area contributed by atoms with Crippen molar-refractivity contribution < 1.29 is 15.0 Å². The number of phenols is 2. The SMILES string of the molecule is Cc1cc(O)ccc1C(=O)c1ccc(-c2cccs2)cc1O. The minimum Gasteiger partial charge on any atom is -0.508 e. The number of benzene rings is 2. The molecule has 0 aliphatic heterocycles. The quantitative estimate of drug-likeness (QED) is 0.706. The van der Waals surface area contributed by atoms with Gasteiger partial charge in [0.25, 0.3) is 0 Å². The third kappa shape index (κ3) is 2.61. The summed E-state index contributed by atoms with van der Waals surface area (Å²) in [5.41, 5.74) is 2.28. The van der Waals surface area contributed by atoms with Gasteiger partial charge in [0.2, 0.25) is 0 Å². The van der Waals surface area contributed by atoms with E-state index in [4.69, 9.17) is 0 Å². The van der Waals surface area contributed by atoms with Crippen LogP contribution in [0.3, 0.4) is 0 Å². The van der Waals surface area contributed by atoms with Crippen LogP contribution in [-0.2, 0) is 0 Å². The Kier molecular flexibility index (Phi) is 3.69. The lowest BCUT2D eigenvalue weighted by atomic mass is 9.97. The van der Waals surface area contributed by atoms with Crippen molar-refractivity contribution in [2.45, 2.75) is 6.92 Å².